The van der Waals surface area contributed by atoms with E-state index in [0.717, 1.165) is 29.4 Å². The summed E-state index contributed by atoms with van der Waals surface area (Å²) >= 11 is 9.86. The number of halogens is 2. The molecular formula is C27H32BrClN4O2. The number of amides is 2. The third-order valence-electron chi connectivity index (χ3n) is 5.55. The Morgan fingerprint density at radius 2 is 1.83 bits per heavy atom. The van der Waals surface area contributed by atoms with Gasteiger partial charge in [-0.1, -0.05) is 86.3 Å². The molecule has 1 heterocycles. The van der Waals surface area contributed by atoms with Gasteiger partial charge < -0.3 is 10.2 Å². The molecule has 3 rings (SSSR count). The number of anilines is 1. The molecule has 3 aromatic rings. The van der Waals surface area contributed by atoms with Gasteiger partial charge in [0.2, 0.25) is 5.91 Å². The molecule has 35 heavy (non-hydrogen) atoms. The smallest absolute Gasteiger partial charge is 0.254 e. The van der Waals surface area contributed by atoms with E-state index in [1.54, 1.807) is 27.8 Å². The predicted octanol–water partition coefficient (Wildman–Crippen LogP) is 6.86. The molecule has 0 saturated carbocycles. The van der Waals surface area contributed by atoms with Crippen molar-refractivity contribution in [1.29, 1.82) is 0 Å². The van der Waals surface area contributed by atoms with Crippen LogP contribution in [0.3, 0.4) is 0 Å². The second-order valence-electron chi connectivity index (χ2n) is 9.52. The Morgan fingerprint density at radius 3 is 2.49 bits per heavy atom. The van der Waals surface area contributed by atoms with Gasteiger partial charge in [-0.3, -0.25) is 9.59 Å². The Labute approximate surface area is 220 Å². The molecule has 0 saturated heterocycles. The third-order valence-corrected chi connectivity index (χ3v) is 6.36. The van der Waals surface area contributed by atoms with Crippen LogP contribution in [0.1, 0.15) is 63.0 Å². The topological polar surface area (TPSA) is 67.2 Å². The molecule has 0 aliphatic carbocycles. The maximum Gasteiger partial charge on any atom is 0.254 e. The first kappa shape index (κ1) is 27.0. The molecule has 0 atom stereocenters. The molecule has 0 aliphatic rings. The number of unbranched alkanes of at least 4 members (excludes halogenated alkanes) is 2. The summed E-state index contributed by atoms with van der Waals surface area (Å²) in [5.41, 5.74) is 1.80. The van der Waals surface area contributed by atoms with E-state index in [4.69, 9.17) is 16.7 Å². The van der Waals surface area contributed by atoms with Gasteiger partial charge in [0, 0.05) is 28.1 Å². The lowest BCUT2D eigenvalue weighted by Gasteiger charge is -2.22. The van der Waals surface area contributed by atoms with Gasteiger partial charge in [-0.05, 0) is 36.8 Å². The van der Waals surface area contributed by atoms with Gasteiger partial charge in [0.1, 0.15) is 12.4 Å². The summed E-state index contributed by atoms with van der Waals surface area (Å²) in [6, 6.07) is 16.4. The van der Waals surface area contributed by atoms with Crippen LogP contribution in [0.5, 0.6) is 0 Å². The molecule has 2 aromatic carbocycles. The van der Waals surface area contributed by atoms with Gasteiger partial charge in [-0.25, -0.2) is 4.68 Å². The summed E-state index contributed by atoms with van der Waals surface area (Å²) in [5.74, 6) is 0.0440. The standard InChI is InChI=1S/C27H32BrClN4O2/c1-5-6-9-15-32(26(35)19-11-10-12-20(28)16-19)18-25(34)30-24-17-23(27(2,3)4)31-33(24)22-14-8-7-13-21(22)29/h7-8,10-14,16-17H,5-6,9,15,18H2,1-4H3,(H,30,34). The van der Waals surface area contributed by atoms with Crippen molar-refractivity contribution >= 4 is 45.2 Å². The zero-order chi connectivity index (χ0) is 25.6. The van der Waals surface area contributed by atoms with E-state index in [2.05, 4.69) is 48.9 Å². The average molecular weight is 560 g/mol. The number of aromatic nitrogens is 2. The highest BCUT2D eigenvalue weighted by Crippen LogP contribution is 2.29. The van der Waals surface area contributed by atoms with Crippen LogP contribution in [0.15, 0.2) is 59.1 Å². The summed E-state index contributed by atoms with van der Waals surface area (Å²) in [4.78, 5) is 28.0. The lowest BCUT2D eigenvalue weighted by molar-refractivity contribution is -0.117. The summed E-state index contributed by atoms with van der Waals surface area (Å²) in [7, 11) is 0. The quantitative estimate of drug-likeness (QED) is 0.291. The molecule has 8 heteroatoms. The SMILES string of the molecule is CCCCCN(CC(=O)Nc1cc(C(C)(C)C)nn1-c1ccccc1Cl)C(=O)c1cccc(Br)c1. The number of nitrogens with one attached hydrogen (secondary N) is 1. The van der Waals surface area contributed by atoms with E-state index >= 15 is 0 Å². The van der Waals surface area contributed by atoms with Crippen molar-refractivity contribution in [3.63, 3.8) is 0 Å². The Hall–Kier alpha value is -2.64. The van der Waals surface area contributed by atoms with Crippen molar-refractivity contribution in [2.24, 2.45) is 0 Å². The predicted molar refractivity (Wildman–Crippen MR) is 145 cm³/mol. The maximum absolute atomic E-state index is 13.2. The first-order valence-electron chi connectivity index (χ1n) is 11.8. The highest BCUT2D eigenvalue weighted by atomic mass is 79.9. The first-order chi connectivity index (χ1) is 16.6. The number of carbonyl (C=O) groups excluding carboxylic acids is 2. The van der Waals surface area contributed by atoms with E-state index < -0.39 is 0 Å². The summed E-state index contributed by atoms with van der Waals surface area (Å²) in [5, 5.41) is 8.22. The summed E-state index contributed by atoms with van der Waals surface area (Å²) in [6.07, 6.45) is 2.84. The van der Waals surface area contributed by atoms with Crippen molar-refractivity contribution in [1.82, 2.24) is 14.7 Å². The minimum absolute atomic E-state index is 0.0619. The Morgan fingerprint density at radius 1 is 1.09 bits per heavy atom. The largest absolute Gasteiger partial charge is 0.329 e. The van der Waals surface area contributed by atoms with Crippen LogP contribution in [0, 0.1) is 0 Å². The van der Waals surface area contributed by atoms with Crippen molar-refractivity contribution in [3.05, 3.63) is 75.4 Å². The average Bonchev–Trinajstić information content (AvgIpc) is 3.22. The first-order valence-corrected chi connectivity index (χ1v) is 13.0. The molecule has 0 bridgehead atoms. The van der Waals surface area contributed by atoms with E-state index in [-0.39, 0.29) is 23.8 Å². The van der Waals surface area contributed by atoms with Gasteiger partial charge in [0.15, 0.2) is 0 Å². The molecule has 1 N–H and O–H groups in total. The highest BCUT2D eigenvalue weighted by molar-refractivity contribution is 9.10. The van der Waals surface area contributed by atoms with E-state index in [1.165, 1.54) is 0 Å². The third kappa shape index (κ3) is 7.18. The van der Waals surface area contributed by atoms with Gasteiger partial charge in [0.05, 0.1) is 16.4 Å². The summed E-state index contributed by atoms with van der Waals surface area (Å²) in [6.45, 7) is 8.73. The minimum Gasteiger partial charge on any atom is -0.329 e. The lowest BCUT2D eigenvalue weighted by atomic mass is 9.92. The molecule has 6 nitrogen and oxygen atoms in total. The Balaban J connectivity index is 1.87. The van der Waals surface area contributed by atoms with Crippen molar-refractivity contribution in [2.45, 2.75) is 52.4 Å². The fraction of sp³-hybridized carbons (Fsp3) is 0.370. The van der Waals surface area contributed by atoms with Gasteiger partial charge in [0.25, 0.3) is 5.91 Å². The monoisotopic (exact) mass is 558 g/mol. The van der Waals surface area contributed by atoms with E-state index in [0.29, 0.717) is 28.6 Å². The molecule has 1 aromatic heterocycles. The van der Waals surface area contributed by atoms with E-state index in [1.807, 2.05) is 36.4 Å². The van der Waals surface area contributed by atoms with Gasteiger partial charge in [-0.15, -0.1) is 0 Å². The fourth-order valence-corrected chi connectivity index (χ4v) is 4.22. The maximum atomic E-state index is 13.2. The molecule has 0 spiro atoms. The van der Waals surface area contributed by atoms with Crippen molar-refractivity contribution in [2.75, 3.05) is 18.4 Å². The molecule has 0 radical (unpaired) electrons. The molecule has 186 valence electrons. The number of nitrogens with zero attached hydrogens (tertiary/aromatic N) is 3. The summed E-state index contributed by atoms with van der Waals surface area (Å²) < 4.78 is 2.47. The molecule has 2 amide bonds. The van der Waals surface area contributed by atoms with Crippen LogP contribution in [0.2, 0.25) is 5.02 Å². The van der Waals surface area contributed by atoms with Crippen molar-refractivity contribution < 1.29 is 9.59 Å². The van der Waals surface area contributed by atoms with Gasteiger partial charge in [-0.2, -0.15) is 5.10 Å². The van der Waals surface area contributed by atoms with E-state index in [9.17, 15) is 9.59 Å². The van der Waals surface area contributed by atoms with Crippen LogP contribution in [-0.4, -0.2) is 39.6 Å². The zero-order valence-electron chi connectivity index (χ0n) is 20.6. The molecule has 0 aliphatic heterocycles. The number of para-hydroxylation sites is 1. The normalized spacial score (nSPS) is 11.4. The fourth-order valence-electron chi connectivity index (χ4n) is 3.61. The molecular weight excluding hydrogens is 528 g/mol. The second-order valence-corrected chi connectivity index (χ2v) is 10.8. The Bertz CT molecular complexity index is 1190. The molecule has 0 fully saturated rings. The number of benzene rings is 2. The van der Waals surface area contributed by atoms with Crippen LogP contribution < -0.4 is 5.32 Å². The van der Waals surface area contributed by atoms with Crippen LogP contribution in [-0.2, 0) is 10.2 Å². The van der Waals surface area contributed by atoms with Crippen molar-refractivity contribution in [3.8, 4) is 5.69 Å². The number of carbonyl (C=O) groups is 2. The van der Waals surface area contributed by atoms with Crippen LogP contribution in [0.4, 0.5) is 5.82 Å². The lowest BCUT2D eigenvalue weighted by Crippen LogP contribution is -2.39. The highest BCUT2D eigenvalue weighted by Gasteiger charge is 2.24. The zero-order valence-corrected chi connectivity index (χ0v) is 23.0. The van der Waals surface area contributed by atoms with Crippen LogP contribution >= 0.6 is 27.5 Å². The number of rotatable bonds is 9. The van der Waals surface area contributed by atoms with Gasteiger partial charge >= 0.3 is 0 Å². The molecule has 0 unspecified atom stereocenters. The second kappa shape index (κ2) is 11.9. The van der Waals surface area contributed by atoms with Crippen LogP contribution in [0.25, 0.3) is 5.69 Å². The number of hydrogen-bond donors (Lipinski definition) is 1. The number of hydrogen-bond acceptors (Lipinski definition) is 3. The minimum atomic E-state index is -0.293. The Kier molecular flexibility index (Phi) is 9.14.